The topological polar surface area (TPSA) is 89.5 Å². The summed E-state index contributed by atoms with van der Waals surface area (Å²) in [7, 11) is 0. The van der Waals surface area contributed by atoms with E-state index in [4.69, 9.17) is 9.47 Å². The number of hydrogen-bond acceptors (Lipinski definition) is 8. The van der Waals surface area contributed by atoms with Crippen molar-refractivity contribution >= 4 is 28.2 Å². The highest BCUT2D eigenvalue weighted by atomic mass is 32.1. The summed E-state index contributed by atoms with van der Waals surface area (Å²) in [5.74, 6) is -0.0350. The van der Waals surface area contributed by atoms with E-state index in [2.05, 4.69) is 20.5 Å². The predicted molar refractivity (Wildman–Crippen MR) is 114 cm³/mol. The number of halogens is 1. The minimum atomic E-state index is -0.495. The molecule has 3 aromatic rings. The Morgan fingerprint density at radius 3 is 2.97 bits per heavy atom. The Balaban J connectivity index is 1.37. The van der Waals surface area contributed by atoms with Gasteiger partial charge in [-0.05, 0) is 30.7 Å². The van der Waals surface area contributed by atoms with Crippen LogP contribution >= 0.6 is 11.3 Å². The summed E-state index contributed by atoms with van der Waals surface area (Å²) in [4.78, 5) is 18.8. The van der Waals surface area contributed by atoms with Gasteiger partial charge < -0.3 is 19.7 Å². The normalized spacial score (nSPS) is 16.2. The minimum absolute atomic E-state index is 0.0593. The second-order valence-corrected chi connectivity index (χ2v) is 7.91. The third-order valence-corrected chi connectivity index (χ3v) is 5.69. The number of para-hydroxylation sites is 1. The number of nitrogens with zero attached hydrogens (tertiary/aromatic N) is 4. The van der Waals surface area contributed by atoms with Crippen LogP contribution in [-0.2, 0) is 16.0 Å². The van der Waals surface area contributed by atoms with E-state index in [-0.39, 0.29) is 24.4 Å². The maximum absolute atomic E-state index is 13.7. The van der Waals surface area contributed by atoms with Crippen LogP contribution in [0, 0.1) is 5.82 Å². The number of nitrogens with one attached hydrogen (secondary N) is 1. The average Bonchev–Trinajstić information content (AvgIpc) is 3.26. The molecule has 1 aliphatic heterocycles. The highest BCUT2D eigenvalue weighted by Gasteiger charge is 2.27. The van der Waals surface area contributed by atoms with Gasteiger partial charge >= 0.3 is 0 Å². The number of aryl methyl sites for hydroxylation is 1. The smallest absolute Gasteiger partial charge is 0.260 e. The predicted octanol–water partition coefficient (Wildman–Crippen LogP) is 3.36. The number of carbonyl (C=O) groups is 1. The van der Waals surface area contributed by atoms with Gasteiger partial charge in [-0.15, -0.1) is 10.2 Å². The van der Waals surface area contributed by atoms with Crippen LogP contribution in [0.2, 0.25) is 0 Å². The zero-order chi connectivity index (χ0) is 21.6. The number of amides is 1. The Morgan fingerprint density at radius 1 is 1.29 bits per heavy atom. The maximum Gasteiger partial charge on any atom is 0.260 e. The van der Waals surface area contributed by atoms with Gasteiger partial charge in [0.25, 0.3) is 5.91 Å². The van der Waals surface area contributed by atoms with E-state index in [0.29, 0.717) is 36.3 Å². The van der Waals surface area contributed by atoms with Gasteiger partial charge in [0.05, 0.1) is 18.8 Å². The molecule has 1 unspecified atom stereocenters. The van der Waals surface area contributed by atoms with E-state index < -0.39 is 5.82 Å². The molecule has 1 saturated heterocycles. The minimum Gasteiger partial charge on any atom is -0.481 e. The van der Waals surface area contributed by atoms with Crippen molar-refractivity contribution in [2.75, 3.05) is 31.6 Å². The van der Waals surface area contributed by atoms with Gasteiger partial charge in [0.2, 0.25) is 5.13 Å². The Hall–Kier alpha value is -3.11. The quantitative estimate of drug-likeness (QED) is 0.599. The number of pyridine rings is 1. The fraction of sp³-hybridized carbons (Fsp3) is 0.333. The maximum atomic E-state index is 13.7. The molecule has 0 spiro atoms. The van der Waals surface area contributed by atoms with Crippen molar-refractivity contribution in [2.45, 2.75) is 19.4 Å². The number of anilines is 2. The molecule has 10 heteroatoms. The van der Waals surface area contributed by atoms with Crippen molar-refractivity contribution in [1.29, 1.82) is 0 Å². The molecule has 0 saturated carbocycles. The van der Waals surface area contributed by atoms with Gasteiger partial charge in [0.1, 0.15) is 16.9 Å². The molecule has 2 aromatic heterocycles. The van der Waals surface area contributed by atoms with Crippen molar-refractivity contribution in [2.24, 2.45) is 0 Å². The summed E-state index contributed by atoms with van der Waals surface area (Å²) in [6.07, 6.45) is 0.460. The molecule has 162 valence electrons. The standard InChI is InChI=1S/C21H22FN5O3S/c1-2-19-25-26-21(31-19)24-18-9-5-7-15(23-18)17-12-27(10-11-29-17)20(28)13-30-16-8-4-3-6-14(16)22/h3-9,17H,2,10-13H2,1H3,(H,23,24,26). The lowest BCUT2D eigenvalue weighted by Gasteiger charge is -2.32. The molecule has 1 aliphatic rings. The van der Waals surface area contributed by atoms with Crippen LogP contribution in [-0.4, -0.2) is 52.3 Å². The second-order valence-electron chi connectivity index (χ2n) is 6.85. The third-order valence-electron chi connectivity index (χ3n) is 4.71. The second kappa shape index (κ2) is 9.80. The highest BCUT2D eigenvalue weighted by Crippen LogP contribution is 2.25. The van der Waals surface area contributed by atoms with Crippen LogP contribution < -0.4 is 10.1 Å². The number of benzene rings is 1. The van der Waals surface area contributed by atoms with E-state index in [1.807, 2.05) is 25.1 Å². The van der Waals surface area contributed by atoms with Gasteiger partial charge in [-0.1, -0.05) is 36.5 Å². The zero-order valence-corrected chi connectivity index (χ0v) is 17.8. The average molecular weight is 444 g/mol. The molecule has 1 amide bonds. The summed E-state index contributed by atoms with van der Waals surface area (Å²) in [6.45, 7) is 2.95. The molecule has 0 radical (unpaired) electrons. The van der Waals surface area contributed by atoms with Crippen molar-refractivity contribution in [1.82, 2.24) is 20.1 Å². The van der Waals surface area contributed by atoms with Crippen LogP contribution in [0.5, 0.6) is 5.75 Å². The monoisotopic (exact) mass is 443 g/mol. The molecule has 4 rings (SSSR count). The summed E-state index contributed by atoms with van der Waals surface area (Å²) < 4.78 is 24.9. The Bertz CT molecular complexity index is 1050. The number of aromatic nitrogens is 3. The van der Waals surface area contributed by atoms with Gasteiger partial charge in [-0.2, -0.15) is 0 Å². The molecule has 0 bridgehead atoms. The summed E-state index contributed by atoms with van der Waals surface area (Å²) in [5.41, 5.74) is 0.706. The summed E-state index contributed by atoms with van der Waals surface area (Å²) >= 11 is 1.48. The first-order valence-corrected chi connectivity index (χ1v) is 10.8. The molecular formula is C21H22FN5O3S. The number of rotatable bonds is 7. The molecule has 1 N–H and O–H groups in total. The summed E-state index contributed by atoms with van der Waals surface area (Å²) in [5, 5.41) is 13.0. The van der Waals surface area contributed by atoms with Crippen molar-refractivity contribution in [3.63, 3.8) is 0 Å². The SMILES string of the molecule is CCc1nnc(Nc2cccc(C3CN(C(=O)COc4ccccc4F)CCO3)n2)s1. The fourth-order valence-corrected chi connectivity index (χ4v) is 3.79. The zero-order valence-electron chi connectivity index (χ0n) is 17.0. The molecule has 31 heavy (non-hydrogen) atoms. The van der Waals surface area contributed by atoms with Crippen molar-refractivity contribution in [3.05, 3.63) is 59.0 Å². The first-order chi connectivity index (χ1) is 15.1. The van der Waals surface area contributed by atoms with E-state index in [9.17, 15) is 9.18 Å². The Labute approximate surface area is 183 Å². The molecule has 1 atom stereocenters. The van der Waals surface area contributed by atoms with Crippen LogP contribution in [0.4, 0.5) is 15.3 Å². The van der Waals surface area contributed by atoms with Crippen LogP contribution in [0.25, 0.3) is 0 Å². The van der Waals surface area contributed by atoms with E-state index in [1.54, 1.807) is 17.0 Å². The Morgan fingerprint density at radius 2 is 2.16 bits per heavy atom. The van der Waals surface area contributed by atoms with E-state index in [0.717, 1.165) is 11.4 Å². The largest absolute Gasteiger partial charge is 0.481 e. The first-order valence-electron chi connectivity index (χ1n) is 9.95. The number of hydrogen-bond donors (Lipinski definition) is 1. The number of morpholine rings is 1. The van der Waals surface area contributed by atoms with Crippen LogP contribution in [0.15, 0.2) is 42.5 Å². The van der Waals surface area contributed by atoms with Gasteiger partial charge in [0.15, 0.2) is 18.2 Å². The van der Waals surface area contributed by atoms with Crippen LogP contribution in [0.1, 0.15) is 23.7 Å². The lowest BCUT2D eigenvalue weighted by Crippen LogP contribution is -2.44. The lowest BCUT2D eigenvalue weighted by atomic mass is 10.2. The number of ether oxygens (including phenoxy) is 2. The first kappa shape index (κ1) is 21.1. The molecule has 1 fully saturated rings. The fourth-order valence-electron chi connectivity index (χ4n) is 3.10. The van der Waals surface area contributed by atoms with Gasteiger partial charge in [-0.3, -0.25) is 4.79 Å². The molecule has 1 aromatic carbocycles. The van der Waals surface area contributed by atoms with Crippen molar-refractivity contribution < 1.29 is 18.7 Å². The third kappa shape index (κ3) is 5.33. The molecule has 0 aliphatic carbocycles. The number of carbonyl (C=O) groups excluding carboxylic acids is 1. The van der Waals surface area contributed by atoms with Crippen LogP contribution in [0.3, 0.4) is 0 Å². The summed E-state index contributed by atoms with van der Waals surface area (Å²) in [6, 6.07) is 11.6. The molecule has 3 heterocycles. The van der Waals surface area contributed by atoms with E-state index >= 15 is 0 Å². The lowest BCUT2D eigenvalue weighted by molar-refractivity contribution is -0.141. The Kier molecular flexibility index (Phi) is 6.68. The molecular weight excluding hydrogens is 421 g/mol. The van der Waals surface area contributed by atoms with Gasteiger partial charge in [0, 0.05) is 6.54 Å². The van der Waals surface area contributed by atoms with Crippen molar-refractivity contribution in [3.8, 4) is 5.75 Å². The molecule has 8 nitrogen and oxygen atoms in total. The van der Waals surface area contributed by atoms with E-state index in [1.165, 1.54) is 23.5 Å². The highest BCUT2D eigenvalue weighted by molar-refractivity contribution is 7.15. The van der Waals surface area contributed by atoms with Gasteiger partial charge in [-0.25, -0.2) is 9.37 Å².